The second-order valence-corrected chi connectivity index (χ2v) is 9.14. The number of nitrogens with one attached hydrogen (secondary N) is 1. The molecule has 6 heteroatoms. The quantitative estimate of drug-likeness (QED) is 0.304. The average Bonchev–Trinajstić information content (AvgIpc) is 3.17. The highest BCUT2D eigenvalue weighted by atomic mass is 79.9. The first-order valence-corrected chi connectivity index (χ1v) is 12.0. The van der Waals surface area contributed by atoms with E-state index in [1.807, 2.05) is 48.5 Å². The monoisotopic (exact) mass is 505 g/mol. The normalized spacial score (nSPS) is 11.2. The van der Waals surface area contributed by atoms with Crippen molar-refractivity contribution in [3.8, 4) is 5.75 Å². The highest BCUT2D eigenvalue weighted by Gasteiger charge is 2.13. The number of carbonyl (C=O) groups excluding carboxylic acids is 1. The summed E-state index contributed by atoms with van der Waals surface area (Å²) in [4.78, 5) is 17.3. The summed E-state index contributed by atoms with van der Waals surface area (Å²) in [7, 11) is 0. The number of aromatic nitrogens is 2. The van der Waals surface area contributed by atoms with Crippen LogP contribution in [0.2, 0.25) is 0 Å². The molecule has 5 nitrogen and oxygen atoms in total. The second-order valence-electron chi connectivity index (χ2n) is 8.22. The van der Waals surface area contributed by atoms with Crippen molar-refractivity contribution in [2.45, 2.75) is 32.7 Å². The van der Waals surface area contributed by atoms with Crippen molar-refractivity contribution in [2.24, 2.45) is 0 Å². The van der Waals surface area contributed by atoms with Crippen molar-refractivity contribution in [1.82, 2.24) is 14.9 Å². The van der Waals surface area contributed by atoms with Crippen LogP contribution in [-0.4, -0.2) is 28.6 Å². The maximum absolute atomic E-state index is 12.4. The number of rotatable bonds is 9. The number of hydrogen-bond donors (Lipinski definition) is 1. The number of hydrogen-bond acceptors (Lipinski definition) is 3. The molecule has 1 amide bonds. The van der Waals surface area contributed by atoms with E-state index in [0.29, 0.717) is 37.6 Å². The Morgan fingerprint density at radius 1 is 1.03 bits per heavy atom. The predicted octanol–water partition coefficient (Wildman–Crippen LogP) is 5.97. The fraction of sp³-hybridized carbons (Fsp3) is 0.259. The molecule has 0 aliphatic heterocycles. The van der Waals surface area contributed by atoms with Gasteiger partial charge in [0, 0.05) is 23.0 Å². The number of fused-ring (bicyclic) bond motifs is 1. The Hall–Kier alpha value is -3.12. The van der Waals surface area contributed by atoms with E-state index >= 15 is 0 Å². The van der Waals surface area contributed by atoms with Crippen LogP contribution in [0.4, 0.5) is 0 Å². The molecule has 0 fully saturated rings. The van der Waals surface area contributed by atoms with Crippen LogP contribution >= 0.6 is 15.9 Å². The molecule has 170 valence electrons. The minimum absolute atomic E-state index is 0.0845. The van der Waals surface area contributed by atoms with E-state index in [1.165, 1.54) is 5.56 Å². The largest absolute Gasteiger partial charge is 0.491 e. The third-order valence-corrected chi connectivity index (χ3v) is 6.12. The Bertz CT molecular complexity index is 1230. The van der Waals surface area contributed by atoms with Gasteiger partial charge in [-0.05, 0) is 53.9 Å². The Morgan fingerprint density at radius 2 is 1.76 bits per heavy atom. The van der Waals surface area contributed by atoms with Crippen molar-refractivity contribution in [3.63, 3.8) is 0 Å². The van der Waals surface area contributed by atoms with Crippen LogP contribution in [0.1, 0.15) is 41.5 Å². The summed E-state index contributed by atoms with van der Waals surface area (Å²) in [6, 6.07) is 23.7. The standard InChI is InChI=1S/C27H28BrN3O2/c1-19(2)22-7-3-6-10-25(22)33-18-17-31-24-9-5-4-8-23(24)30-26(31)15-16-29-27(32)20-11-13-21(28)14-12-20/h3-14,19H,15-18H2,1-2H3,(H,29,32). The summed E-state index contributed by atoms with van der Waals surface area (Å²) >= 11 is 3.40. The molecule has 1 aromatic heterocycles. The predicted molar refractivity (Wildman–Crippen MR) is 136 cm³/mol. The van der Waals surface area contributed by atoms with E-state index in [1.54, 1.807) is 12.1 Å². The van der Waals surface area contributed by atoms with E-state index in [2.05, 4.69) is 51.8 Å². The zero-order valence-corrected chi connectivity index (χ0v) is 20.5. The summed E-state index contributed by atoms with van der Waals surface area (Å²) in [6.07, 6.45) is 0.638. The smallest absolute Gasteiger partial charge is 0.251 e. The van der Waals surface area contributed by atoms with Gasteiger partial charge < -0.3 is 14.6 Å². The minimum atomic E-state index is -0.0845. The fourth-order valence-corrected chi connectivity index (χ4v) is 4.16. The topological polar surface area (TPSA) is 56.1 Å². The van der Waals surface area contributed by atoms with E-state index in [4.69, 9.17) is 9.72 Å². The van der Waals surface area contributed by atoms with Crippen molar-refractivity contribution < 1.29 is 9.53 Å². The molecule has 0 aliphatic rings. The van der Waals surface area contributed by atoms with Crippen LogP contribution < -0.4 is 10.1 Å². The molecule has 1 heterocycles. The van der Waals surface area contributed by atoms with Crippen molar-refractivity contribution in [3.05, 3.63) is 94.2 Å². The molecular formula is C27H28BrN3O2. The Kier molecular flexibility index (Phi) is 7.45. The molecule has 0 atom stereocenters. The van der Waals surface area contributed by atoms with E-state index in [9.17, 15) is 4.79 Å². The van der Waals surface area contributed by atoms with Crippen LogP contribution in [0, 0.1) is 0 Å². The number of halogens is 1. The third-order valence-electron chi connectivity index (χ3n) is 5.59. The first kappa shape index (κ1) is 23.1. The highest BCUT2D eigenvalue weighted by molar-refractivity contribution is 9.10. The van der Waals surface area contributed by atoms with Gasteiger partial charge in [-0.15, -0.1) is 0 Å². The zero-order valence-electron chi connectivity index (χ0n) is 18.9. The lowest BCUT2D eigenvalue weighted by molar-refractivity contribution is 0.0954. The Labute approximate surface area is 202 Å². The zero-order chi connectivity index (χ0) is 23.2. The van der Waals surface area contributed by atoms with Crippen LogP contribution in [0.15, 0.2) is 77.3 Å². The van der Waals surface area contributed by atoms with Crippen LogP contribution in [0.3, 0.4) is 0 Å². The molecule has 0 bridgehead atoms. The first-order valence-electron chi connectivity index (χ1n) is 11.2. The molecule has 0 saturated carbocycles. The van der Waals surface area contributed by atoms with Gasteiger partial charge in [0.1, 0.15) is 18.2 Å². The maximum atomic E-state index is 12.4. The molecule has 0 unspecified atom stereocenters. The molecule has 4 rings (SSSR count). The second kappa shape index (κ2) is 10.7. The van der Waals surface area contributed by atoms with Crippen molar-refractivity contribution in [2.75, 3.05) is 13.2 Å². The van der Waals surface area contributed by atoms with Gasteiger partial charge in [0.2, 0.25) is 0 Å². The molecular weight excluding hydrogens is 478 g/mol. The number of ether oxygens (including phenoxy) is 1. The molecule has 0 spiro atoms. The van der Waals surface area contributed by atoms with Gasteiger partial charge in [-0.1, -0.05) is 60.1 Å². The fourth-order valence-electron chi connectivity index (χ4n) is 3.89. The molecule has 3 aromatic carbocycles. The number of benzene rings is 3. The summed E-state index contributed by atoms with van der Waals surface area (Å²) in [5, 5.41) is 3.00. The number of nitrogens with zero attached hydrogens (tertiary/aromatic N) is 2. The van der Waals surface area contributed by atoms with Gasteiger partial charge in [-0.2, -0.15) is 0 Å². The maximum Gasteiger partial charge on any atom is 0.251 e. The van der Waals surface area contributed by atoms with Gasteiger partial charge in [0.05, 0.1) is 17.6 Å². The summed E-state index contributed by atoms with van der Waals surface area (Å²) in [5.74, 6) is 2.19. The number of amides is 1. The van der Waals surface area contributed by atoms with Crippen LogP contribution in [-0.2, 0) is 13.0 Å². The molecule has 33 heavy (non-hydrogen) atoms. The van der Waals surface area contributed by atoms with Crippen LogP contribution in [0.5, 0.6) is 5.75 Å². The Balaban J connectivity index is 1.43. The van der Waals surface area contributed by atoms with Crippen molar-refractivity contribution in [1.29, 1.82) is 0 Å². The third kappa shape index (κ3) is 5.63. The van der Waals surface area contributed by atoms with Gasteiger partial charge >= 0.3 is 0 Å². The van der Waals surface area contributed by atoms with E-state index < -0.39 is 0 Å². The first-order chi connectivity index (χ1) is 16.0. The molecule has 1 N–H and O–H groups in total. The SMILES string of the molecule is CC(C)c1ccccc1OCCn1c(CCNC(=O)c2ccc(Br)cc2)nc2ccccc21. The van der Waals surface area contributed by atoms with E-state index in [-0.39, 0.29) is 5.91 Å². The lowest BCUT2D eigenvalue weighted by atomic mass is 10.0. The van der Waals surface area contributed by atoms with Gasteiger partial charge in [-0.25, -0.2) is 4.98 Å². The van der Waals surface area contributed by atoms with Crippen molar-refractivity contribution >= 4 is 32.9 Å². The number of carbonyl (C=O) groups is 1. The average molecular weight is 506 g/mol. The summed E-state index contributed by atoms with van der Waals surface area (Å²) in [5.41, 5.74) is 3.88. The minimum Gasteiger partial charge on any atom is -0.491 e. The Morgan fingerprint density at radius 3 is 2.55 bits per heavy atom. The highest BCUT2D eigenvalue weighted by Crippen LogP contribution is 2.26. The summed E-state index contributed by atoms with van der Waals surface area (Å²) in [6.45, 7) is 6.08. The molecule has 0 radical (unpaired) electrons. The van der Waals surface area contributed by atoms with E-state index in [0.717, 1.165) is 27.1 Å². The lowest BCUT2D eigenvalue weighted by Crippen LogP contribution is -2.26. The summed E-state index contributed by atoms with van der Waals surface area (Å²) < 4.78 is 9.31. The molecule has 4 aromatic rings. The number of para-hydroxylation sites is 3. The molecule has 0 aliphatic carbocycles. The van der Waals surface area contributed by atoms with Gasteiger partial charge in [0.15, 0.2) is 0 Å². The van der Waals surface area contributed by atoms with Gasteiger partial charge in [-0.3, -0.25) is 4.79 Å². The molecule has 0 saturated heterocycles. The van der Waals surface area contributed by atoms with Gasteiger partial charge in [0.25, 0.3) is 5.91 Å². The number of imidazole rings is 1. The van der Waals surface area contributed by atoms with Crippen LogP contribution in [0.25, 0.3) is 11.0 Å². The lowest BCUT2D eigenvalue weighted by Gasteiger charge is -2.15.